The Morgan fingerprint density at radius 2 is 2.14 bits per heavy atom. The van der Waals surface area contributed by atoms with E-state index < -0.39 is 0 Å². The van der Waals surface area contributed by atoms with Crippen molar-refractivity contribution in [3.8, 4) is 0 Å². The fourth-order valence-electron chi connectivity index (χ4n) is 2.53. The minimum Gasteiger partial charge on any atom is -0.356 e. The van der Waals surface area contributed by atoms with Gasteiger partial charge in [0.15, 0.2) is 0 Å². The van der Waals surface area contributed by atoms with Crippen LogP contribution in [-0.4, -0.2) is 30.5 Å². The normalized spacial score (nSPS) is 14.8. The van der Waals surface area contributed by atoms with Crippen molar-refractivity contribution in [2.75, 3.05) is 19.6 Å². The zero-order chi connectivity index (χ0) is 14.2. The van der Waals surface area contributed by atoms with E-state index in [0.29, 0.717) is 13.0 Å². The number of hydrogen-bond acceptors (Lipinski definition) is 4. The van der Waals surface area contributed by atoms with Crippen LogP contribution in [0.15, 0.2) is 6.20 Å². The van der Waals surface area contributed by atoms with Gasteiger partial charge in [-0.3, -0.25) is 4.79 Å². The van der Waals surface area contributed by atoms with Crippen LogP contribution in [-0.2, 0) is 17.6 Å². The molecular weight excluding hydrogens is 341 g/mol. The van der Waals surface area contributed by atoms with Crippen LogP contribution in [0, 0.1) is 5.92 Å². The van der Waals surface area contributed by atoms with E-state index in [2.05, 4.69) is 22.5 Å². The number of amides is 1. The number of halogens is 2. The molecule has 0 aliphatic carbocycles. The predicted octanol–water partition coefficient (Wildman–Crippen LogP) is 2.99. The molecule has 2 heterocycles. The zero-order valence-electron chi connectivity index (χ0n) is 13.1. The third-order valence-electron chi connectivity index (χ3n) is 3.85. The highest BCUT2D eigenvalue weighted by atomic mass is 35.5. The number of nitrogens with one attached hydrogen (secondary N) is 2. The first-order valence-corrected chi connectivity index (χ1v) is 8.50. The molecule has 0 spiro atoms. The lowest BCUT2D eigenvalue weighted by molar-refractivity contribution is -0.121. The van der Waals surface area contributed by atoms with Crippen molar-refractivity contribution in [3.05, 3.63) is 16.1 Å². The molecule has 4 nitrogen and oxygen atoms in total. The molecule has 2 rings (SSSR count). The van der Waals surface area contributed by atoms with Crippen molar-refractivity contribution in [2.45, 2.75) is 45.4 Å². The summed E-state index contributed by atoms with van der Waals surface area (Å²) in [5.41, 5.74) is 0. The minimum atomic E-state index is 0. The van der Waals surface area contributed by atoms with Gasteiger partial charge in [-0.15, -0.1) is 36.2 Å². The number of aryl methyl sites for hydroxylation is 1. The van der Waals surface area contributed by atoms with Gasteiger partial charge in [-0.1, -0.05) is 6.92 Å². The van der Waals surface area contributed by atoms with Gasteiger partial charge < -0.3 is 10.6 Å². The topological polar surface area (TPSA) is 54.0 Å². The molecule has 0 saturated carbocycles. The maximum Gasteiger partial charge on any atom is 0.220 e. The number of piperidine rings is 1. The Morgan fingerprint density at radius 1 is 1.41 bits per heavy atom. The van der Waals surface area contributed by atoms with E-state index in [4.69, 9.17) is 0 Å². The van der Waals surface area contributed by atoms with Crippen LogP contribution in [0.4, 0.5) is 0 Å². The van der Waals surface area contributed by atoms with Crippen molar-refractivity contribution in [2.24, 2.45) is 5.92 Å². The lowest BCUT2D eigenvalue weighted by atomic mass is 9.93. The summed E-state index contributed by atoms with van der Waals surface area (Å²) in [4.78, 5) is 17.5. The molecule has 22 heavy (non-hydrogen) atoms. The molecule has 128 valence electrons. The van der Waals surface area contributed by atoms with Gasteiger partial charge in [0.2, 0.25) is 5.91 Å². The number of carbonyl (C=O) groups excluding carboxylic acids is 1. The summed E-state index contributed by atoms with van der Waals surface area (Å²) in [6, 6.07) is 0. The first-order valence-electron chi connectivity index (χ1n) is 7.69. The molecule has 1 aliphatic rings. The Labute approximate surface area is 149 Å². The Morgan fingerprint density at radius 3 is 2.77 bits per heavy atom. The monoisotopic (exact) mass is 367 g/mol. The Bertz CT molecular complexity index is 423. The highest BCUT2D eigenvalue weighted by Gasteiger charge is 2.14. The van der Waals surface area contributed by atoms with E-state index in [1.807, 2.05) is 6.20 Å². The molecule has 0 radical (unpaired) electrons. The fourth-order valence-corrected chi connectivity index (χ4v) is 3.39. The van der Waals surface area contributed by atoms with Gasteiger partial charge in [0.05, 0.1) is 5.01 Å². The molecule has 1 aliphatic heterocycles. The van der Waals surface area contributed by atoms with Crippen LogP contribution >= 0.6 is 36.2 Å². The lowest BCUT2D eigenvalue weighted by Crippen LogP contribution is -2.30. The molecule has 1 saturated heterocycles. The first-order chi connectivity index (χ1) is 9.78. The quantitative estimate of drug-likeness (QED) is 0.778. The van der Waals surface area contributed by atoms with Gasteiger partial charge in [-0.05, 0) is 44.7 Å². The van der Waals surface area contributed by atoms with Crippen LogP contribution in [0.1, 0.15) is 42.5 Å². The number of thiazole rings is 1. The van der Waals surface area contributed by atoms with E-state index >= 15 is 0 Å². The molecule has 0 aromatic carbocycles. The average molecular weight is 368 g/mol. The third-order valence-corrected chi connectivity index (χ3v) is 5.05. The Balaban J connectivity index is 0.00000220. The van der Waals surface area contributed by atoms with Crippen molar-refractivity contribution in [3.63, 3.8) is 0 Å². The van der Waals surface area contributed by atoms with Crippen molar-refractivity contribution < 1.29 is 4.79 Å². The minimum absolute atomic E-state index is 0. The molecule has 1 aromatic heterocycles. The van der Waals surface area contributed by atoms with E-state index in [1.165, 1.54) is 17.7 Å². The molecule has 0 atom stereocenters. The predicted molar refractivity (Wildman–Crippen MR) is 97.5 cm³/mol. The van der Waals surface area contributed by atoms with Crippen molar-refractivity contribution in [1.29, 1.82) is 0 Å². The molecule has 7 heteroatoms. The number of carbonyl (C=O) groups is 1. The van der Waals surface area contributed by atoms with Crippen LogP contribution in [0.2, 0.25) is 0 Å². The zero-order valence-corrected chi connectivity index (χ0v) is 15.5. The van der Waals surface area contributed by atoms with Crippen molar-refractivity contribution in [1.82, 2.24) is 15.6 Å². The van der Waals surface area contributed by atoms with Crippen LogP contribution < -0.4 is 10.6 Å². The number of aromatic nitrogens is 1. The summed E-state index contributed by atoms with van der Waals surface area (Å²) >= 11 is 1.75. The van der Waals surface area contributed by atoms with E-state index in [0.717, 1.165) is 43.3 Å². The standard InChI is InChI=1S/C15H25N3OS.2ClH/c1-2-13-11-18-15(20-13)7-10-17-14(19)4-3-12-5-8-16-9-6-12;;/h11-12,16H,2-10H2,1H3,(H,17,19);2*1H. The highest BCUT2D eigenvalue weighted by molar-refractivity contribution is 7.11. The fraction of sp³-hybridized carbons (Fsp3) is 0.733. The smallest absolute Gasteiger partial charge is 0.220 e. The molecule has 2 N–H and O–H groups in total. The van der Waals surface area contributed by atoms with Gasteiger partial charge in [-0.25, -0.2) is 4.98 Å². The summed E-state index contributed by atoms with van der Waals surface area (Å²) < 4.78 is 0. The van der Waals surface area contributed by atoms with Gasteiger partial charge in [-0.2, -0.15) is 0 Å². The summed E-state index contributed by atoms with van der Waals surface area (Å²) in [6.07, 6.45) is 7.97. The first kappa shape index (κ1) is 21.6. The molecule has 0 bridgehead atoms. The van der Waals surface area contributed by atoms with E-state index in [1.54, 1.807) is 11.3 Å². The third kappa shape index (κ3) is 7.77. The number of hydrogen-bond donors (Lipinski definition) is 2. The average Bonchev–Trinajstić information content (AvgIpc) is 2.94. The van der Waals surface area contributed by atoms with Crippen LogP contribution in [0.5, 0.6) is 0 Å². The van der Waals surface area contributed by atoms with Gasteiger partial charge >= 0.3 is 0 Å². The van der Waals surface area contributed by atoms with Gasteiger partial charge in [0.1, 0.15) is 0 Å². The second kappa shape index (κ2) is 12.1. The van der Waals surface area contributed by atoms with Gasteiger partial charge in [0.25, 0.3) is 0 Å². The van der Waals surface area contributed by atoms with E-state index in [-0.39, 0.29) is 30.7 Å². The molecule has 1 fully saturated rings. The maximum absolute atomic E-state index is 11.8. The van der Waals surface area contributed by atoms with Gasteiger partial charge in [0, 0.05) is 30.5 Å². The molecular formula is C15H27Cl2N3OS. The van der Waals surface area contributed by atoms with Crippen LogP contribution in [0.3, 0.4) is 0 Å². The summed E-state index contributed by atoms with van der Waals surface area (Å²) in [7, 11) is 0. The van der Waals surface area contributed by atoms with Crippen molar-refractivity contribution >= 4 is 42.1 Å². The highest BCUT2D eigenvalue weighted by Crippen LogP contribution is 2.17. The summed E-state index contributed by atoms with van der Waals surface area (Å²) in [6.45, 7) is 5.06. The second-order valence-corrected chi connectivity index (χ2v) is 6.61. The number of rotatable bonds is 7. The lowest BCUT2D eigenvalue weighted by Gasteiger charge is -2.22. The molecule has 0 unspecified atom stereocenters. The number of nitrogens with zero attached hydrogens (tertiary/aromatic N) is 1. The summed E-state index contributed by atoms with van der Waals surface area (Å²) in [5.74, 6) is 0.920. The SMILES string of the molecule is CCc1cnc(CCNC(=O)CCC2CCNCC2)s1.Cl.Cl. The second-order valence-electron chi connectivity index (χ2n) is 5.41. The van der Waals surface area contributed by atoms with E-state index in [9.17, 15) is 4.79 Å². The summed E-state index contributed by atoms with van der Waals surface area (Å²) in [5, 5.41) is 7.49. The molecule has 1 aromatic rings. The van der Waals surface area contributed by atoms with Crippen LogP contribution in [0.25, 0.3) is 0 Å². The molecule has 1 amide bonds. The maximum atomic E-state index is 11.8. The largest absolute Gasteiger partial charge is 0.356 e. The Kier molecular flexibility index (Phi) is 11.9. The Hall–Kier alpha value is -0.360.